The second-order valence-electron chi connectivity index (χ2n) is 8.11. The normalized spacial score (nSPS) is 11.4. The van der Waals surface area contributed by atoms with E-state index in [4.69, 9.17) is 9.73 Å². The molecular formula is C26H28N2O3. The summed E-state index contributed by atoms with van der Waals surface area (Å²) in [6.07, 6.45) is 1.68. The number of rotatable bonds is 8. The SMILES string of the molecule is CC(C)c1cccc(C(C)C)c1/N=C/c1cc([N+](=O)[O-])ccc1OCc1ccccc1. The molecule has 0 radical (unpaired) electrons. The van der Waals surface area contributed by atoms with Gasteiger partial charge in [-0.05, 0) is 34.6 Å². The third kappa shape index (κ3) is 5.57. The predicted octanol–water partition coefficient (Wildman–Crippen LogP) is 7.17. The Bertz CT molecular complexity index is 1050. The van der Waals surface area contributed by atoms with Gasteiger partial charge in [-0.25, -0.2) is 0 Å². The van der Waals surface area contributed by atoms with Crippen LogP contribution in [0.3, 0.4) is 0 Å². The van der Waals surface area contributed by atoms with Crippen molar-refractivity contribution in [2.75, 3.05) is 0 Å². The molecule has 3 aromatic rings. The summed E-state index contributed by atoms with van der Waals surface area (Å²) in [7, 11) is 0. The minimum atomic E-state index is -0.403. The molecule has 5 nitrogen and oxygen atoms in total. The smallest absolute Gasteiger partial charge is 0.270 e. The van der Waals surface area contributed by atoms with Gasteiger partial charge in [0.2, 0.25) is 0 Å². The molecule has 160 valence electrons. The van der Waals surface area contributed by atoms with E-state index in [0.717, 1.165) is 22.4 Å². The van der Waals surface area contributed by atoms with E-state index < -0.39 is 4.92 Å². The van der Waals surface area contributed by atoms with Gasteiger partial charge in [0.25, 0.3) is 5.69 Å². The zero-order valence-corrected chi connectivity index (χ0v) is 18.4. The zero-order valence-electron chi connectivity index (χ0n) is 18.4. The summed E-state index contributed by atoms with van der Waals surface area (Å²) in [6.45, 7) is 8.93. The number of ether oxygens (including phenoxy) is 1. The highest BCUT2D eigenvalue weighted by atomic mass is 16.6. The van der Waals surface area contributed by atoms with E-state index in [1.807, 2.05) is 30.3 Å². The van der Waals surface area contributed by atoms with Crippen LogP contribution in [0.2, 0.25) is 0 Å². The number of benzene rings is 3. The van der Waals surface area contributed by atoms with Crippen molar-refractivity contribution in [2.24, 2.45) is 4.99 Å². The van der Waals surface area contributed by atoms with E-state index in [0.29, 0.717) is 29.8 Å². The van der Waals surface area contributed by atoms with Crippen molar-refractivity contribution >= 4 is 17.6 Å². The van der Waals surface area contributed by atoms with Crippen LogP contribution in [0.15, 0.2) is 71.7 Å². The molecule has 0 saturated heterocycles. The molecule has 0 fully saturated rings. The lowest BCUT2D eigenvalue weighted by molar-refractivity contribution is -0.384. The molecule has 0 aliphatic heterocycles. The summed E-state index contributed by atoms with van der Waals surface area (Å²) in [5.41, 5.74) is 4.84. The van der Waals surface area contributed by atoms with E-state index in [1.54, 1.807) is 12.3 Å². The van der Waals surface area contributed by atoms with Crippen molar-refractivity contribution < 1.29 is 9.66 Å². The van der Waals surface area contributed by atoms with E-state index in [1.165, 1.54) is 12.1 Å². The van der Waals surface area contributed by atoms with E-state index >= 15 is 0 Å². The second-order valence-corrected chi connectivity index (χ2v) is 8.11. The van der Waals surface area contributed by atoms with Crippen molar-refractivity contribution in [2.45, 2.75) is 46.1 Å². The monoisotopic (exact) mass is 416 g/mol. The molecule has 3 rings (SSSR count). The first-order valence-electron chi connectivity index (χ1n) is 10.5. The van der Waals surface area contributed by atoms with Crippen molar-refractivity contribution in [3.8, 4) is 5.75 Å². The molecule has 0 aliphatic carbocycles. The Morgan fingerprint density at radius 1 is 0.935 bits per heavy atom. The van der Waals surface area contributed by atoms with Gasteiger partial charge in [-0.2, -0.15) is 0 Å². The topological polar surface area (TPSA) is 64.7 Å². The molecule has 0 spiro atoms. The number of hydrogen-bond acceptors (Lipinski definition) is 4. The molecule has 0 unspecified atom stereocenters. The highest BCUT2D eigenvalue weighted by Gasteiger charge is 2.14. The number of para-hydroxylation sites is 1. The number of nitro groups is 1. The average molecular weight is 417 g/mol. The first-order valence-corrected chi connectivity index (χ1v) is 10.5. The van der Waals surface area contributed by atoms with Crippen LogP contribution in [0, 0.1) is 10.1 Å². The van der Waals surface area contributed by atoms with Gasteiger partial charge in [0.15, 0.2) is 0 Å². The molecule has 5 heteroatoms. The molecule has 0 aliphatic rings. The number of hydrogen-bond donors (Lipinski definition) is 0. The Balaban J connectivity index is 2.00. The lowest BCUT2D eigenvalue weighted by atomic mass is 9.93. The van der Waals surface area contributed by atoms with Crippen molar-refractivity contribution in [3.05, 3.63) is 99.1 Å². The molecule has 0 bridgehead atoms. The second kappa shape index (κ2) is 10.0. The van der Waals surface area contributed by atoms with Crippen LogP contribution in [0.4, 0.5) is 11.4 Å². The molecule has 31 heavy (non-hydrogen) atoms. The molecule has 3 aromatic carbocycles. The van der Waals surface area contributed by atoms with Gasteiger partial charge < -0.3 is 4.74 Å². The molecule has 0 amide bonds. The minimum Gasteiger partial charge on any atom is -0.488 e. The average Bonchev–Trinajstić information content (AvgIpc) is 2.76. The lowest BCUT2D eigenvalue weighted by Crippen LogP contribution is -2.00. The largest absolute Gasteiger partial charge is 0.488 e. The maximum Gasteiger partial charge on any atom is 0.270 e. The van der Waals surface area contributed by atoms with Gasteiger partial charge >= 0.3 is 0 Å². The Morgan fingerprint density at radius 2 is 1.58 bits per heavy atom. The Labute approximate surface area is 183 Å². The molecule has 0 aromatic heterocycles. The number of aliphatic imine (C=N–C) groups is 1. The van der Waals surface area contributed by atoms with Crippen LogP contribution in [0.1, 0.15) is 61.8 Å². The summed E-state index contributed by atoms with van der Waals surface area (Å²) in [5, 5.41) is 11.3. The summed E-state index contributed by atoms with van der Waals surface area (Å²) in [6, 6.07) is 20.7. The van der Waals surface area contributed by atoms with Gasteiger partial charge in [0.05, 0.1) is 10.6 Å². The van der Waals surface area contributed by atoms with Gasteiger partial charge in [-0.15, -0.1) is 0 Å². The van der Waals surface area contributed by atoms with Crippen LogP contribution >= 0.6 is 0 Å². The van der Waals surface area contributed by atoms with Crippen LogP contribution in [0.5, 0.6) is 5.75 Å². The quantitative estimate of drug-likeness (QED) is 0.222. The lowest BCUT2D eigenvalue weighted by Gasteiger charge is -2.16. The number of non-ortho nitro benzene ring substituents is 1. The third-order valence-electron chi connectivity index (χ3n) is 5.12. The molecule has 0 saturated carbocycles. The molecular weight excluding hydrogens is 388 g/mol. The van der Waals surface area contributed by atoms with E-state index in [9.17, 15) is 10.1 Å². The maximum absolute atomic E-state index is 11.3. The van der Waals surface area contributed by atoms with Crippen LogP contribution in [-0.4, -0.2) is 11.1 Å². The van der Waals surface area contributed by atoms with Gasteiger partial charge in [-0.3, -0.25) is 15.1 Å². The standard InChI is InChI=1S/C26H28N2O3/c1-18(2)23-11-8-12-24(19(3)4)26(23)27-16-21-15-22(28(29)30)13-14-25(21)31-17-20-9-6-5-7-10-20/h5-16,18-19H,17H2,1-4H3/b27-16+. The Kier molecular flexibility index (Phi) is 7.19. The minimum absolute atomic E-state index is 0.00902. The zero-order chi connectivity index (χ0) is 22.4. The predicted molar refractivity (Wildman–Crippen MR) is 126 cm³/mol. The Hall–Kier alpha value is -3.47. The van der Waals surface area contributed by atoms with Crippen LogP contribution < -0.4 is 4.74 Å². The molecule has 0 atom stereocenters. The van der Waals surface area contributed by atoms with Gasteiger partial charge in [0, 0.05) is 23.9 Å². The fraction of sp³-hybridized carbons (Fsp3) is 0.269. The first kappa shape index (κ1) is 22.2. The summed E-state index contributed by atoms with van der Waals surface area (Å²) < 4.78 is 5.99. The number of nitro benzene ring substituents is 1. The molecule has 0 heterocycles. The van der Waals surface area contributed by atoms with E-state index in [-0.39, 0.29) is 5.69 Å². The first-order chi connectivity index (χ1) is 14.9. The van der Waals surface area contributed by atoms with Gasteiger partial charge in [0.1, 0.15) is 12.4 Å². The highest BCUT2D eigenvalue weighted by Crippen LogP contribution is 2.35. The molecule has 0 N–H and O–H groups in total. The van der Waals surface area contributed by atoms with Crippen molar-refractivity contribution in [1.82, 2.24) is 0 Å². The fourth-order valence-corrected chi connectivity index (χ4v) is 3.41. The fourth-order valence-electron chi connectivity index (χ4n) is 3.41. The van der Waals surface area contributed by atoms with E-state index in [2.05, 4.69) is 45.9 Å². The summed E-state index contributed by atoms with van der Waals surface area (Å²) in [4.78, 5) is 15.7. The summed E-state index contributed by atoms with van der Waals surface area (Å²) >= 11 is 0. The highest BCUT2D eigenvalue weighted by molar-refractivity contribution is 5.87. The van der Waals surface area contributed by atoms with Crippen LogP contribution in [0.25, 0.3) is 0 Å². The third-order valence-corrected chi connectivity index (χ3v) is 5.12. The number of nitrogens with zero attached hydrogens (tertiary/aromatic N) is 2. The van der Waals surface area contributed by atoms with Crippen molar-refractivity contribution in [3.63, 3.8) is 0 Å². The van der Waals surface area contributed by atoms with Crippen molar-refractivity contribution in [1.29, 1.82) is 0 Å². The maximum atomic E-state index is 11.3. The van der Waals surface area contributed by atoms with Gasteiger partial charge in [-0.1, -0.05) is 76.2 Å². The van der Waals surface area contributed by atoms with Crippen LogP contribution in [-0.2, 0) is 6.61 Å². The Morgan fingerprint density at radius 3 is 2.16 bits per heavy atom. The summed E-state index contributed by atoms with van der Waals surface area (Å²) in [5.74, 6) is 1.18.